The molecule has 3 nitrogen and oxygen atoms in total. The number of ether oxygens (including phenoxy) is 1. The maximum atomic E-state index is 6.20. The highest BCUT2D eigenvalue weighted by molar-refractivity contribution is 6.74. The smallest absolute Gasteiger partial charge is 0.192 e. The third-order valence-electron chi connectivity index (χ3n) is 4.40. The minimum atomic E-state index is -1.74. The fraction of sp³-hybridized carbons (Fsp3) is 0.647. The van der Waals surface area contributed by atoms with Gasteiger partial charge in [0.1, 0.15) is 0 Å². The third-order valence-corrected chi connectivity index (χ3v) is 8.90. The van der Waals surface area contributed by atoms with Crippen LogP contribution in [0.2, 0.25) is 18.1 Å². The van der Waals surface area contributed by atoms with Gasteiger partial charge >= 0.3 is 0 Å². The normalized spacial score (nSPS) is 15.8. The predicted octanol–water partition coefficient (Wildman–Crippen LogP) is 3.94. The van der Waals surface area contributed by atoms with E-state index in [1.807, 2.05) is 25.1 Å². The van der Waals surface area contributed by atoms with Crippen LogP contribution in [-0.2, 0) is 15.8 Å². The van der Waals surface area contributed by atoms with Crippen LogP contribution in [0.4, 0.5) is 0 Å². The summed E-state index contributed by atoms with van der Waals surface area (Å²) in [7, 11) is -1.74. The maximum absolute atomic E-state index is 6.20. The molecule has 1 aromatic carbocycles. The van der Waals surface area contributed by atoms with Crippen molar-refractivity contribution < 1.29 is 9.16 Å². The number of hydrogen-bond donors (Lipinski definition) is 1. The maximum Gasteiger partial charge on any atom is 0.192 e. The van der Waals surface area contributed by atoms with Crippen molar-refractivity contribution in [3.8, 4) is 0 Å². The van der Waals surface area contributed by atoms with Crippen LogP contribution >= 0.6 is 0 Å². The molecule has 1 aromatic rings. The van der Waals surface area contributed by atoms with Gasteiger partial charge in [-0.15, -0.1) is 0 Å². The van der Waals surface area contributed by atoms with Gasteiger partial charge < -0.3 is 14.9 Å². The van der Waals surface area contributed by atoms with Gasteiger partial charge in [0.05, 0.1) is 25.4 Å². The Morgan fingerprint density at radius 2 is 1.71 bits per heavy atom. The fourth-order valence-corrected chi connectivity index (χ4v) is 2.62. The number of nitrogens with two attached hydrogens (primary N) is 1. The second-order valence-corrected chi connectivity index (χ2v) is 12.0. The van der Waals surface area contributed by atoms with Crippen molar-refractivity contribution >= 4 is 8.32 Å². The lowest BCUT2D eigenvalue weighted by Crippen LogP contribution is -2.47. The highest BCUT2D eigenvalue weighted by Gasteiger charge is 2.37. The molecule has 0 saturated carbocycles. The molecule has 0 aliphatic rings. The van der Waals surface area contributed by atoms with E-state index in [4.69, 9.17) is 14.9 Å². The average molecular weight is 310 g/mol. The zero-order valence-corrected chi connectivity index (χ0v) is 15.3. The summed E-state index contributed by atoms with van der Waals surface area (Å²) in [5.74, 6) is 0. The molecule has 0 aromatic heterocycles. The van der Waals surface area contributed by atoms with Crippen LogP contribution in [0.15, 0.2) is 30.3 Å². The molecule has 2 N–H and O–H groups in total. The van der Waals surface area contributed by atoms with Gasteiger partial charge in [-0.25, -0.2) is 0 Å². The van der Waals surface area contributed by atoms with Crippen LogP contribution in [0, 0.1) is 0 Å². The molecule has 0 spiro atoms. The molecule has 0 aliphatic carbocycles. The molecular formula is C17H31NO2Si. The van der Waals surface area contributed by atoms with E-state index in [0.29, 0.717) is 13.2 Å². The molecule has 0 heterocycles. The summed E-state index contributed by atoms with van der Waals surface area (Å²) in [5.41, 5.74) is 7.37. The predicted molar refractivity (Wildman–Crippen MR) is 91.8 cm³/mol. The minimum absolute atomic E-state index is 0.0185. The van der Waals surface area contributed by atoms with Gasteiger partial charge in [-0.2, -0.15) is 0 Å². The number of rotatable bonds is 7. The van der Waals surface area contributed by atoms with Crippen LogP contribution in [0.25, 0.3) is 0 Å². The molecule has 0 saturated heterocycles. The molecular weight excluding hydrogens is 278 g/mol. The van der Waals surface area contributed by atoms with Crippen LogP contribution in [-0.4, -0.2) is 27.1 Å². The SMILES string of the molecule is C[C@H](OCc1ccccc1)[C@H](N)CO[Si](C)(C)C(C)(C)C. The second kappa shape index (κ2) is 7.54. The van der Waals surface area contributed by atoms with E-state index in [2.05, 4.69) is 46.0 Å². The van der Waals surface area contributed by atoms with Crippen LogP contribution in [0.5, 0.6) is 0 Å². The van der Waals surface area contributed by atoms with Crippen molar-refractivity contribution in [3.63, 3.8) is 0 Å². The van der Waals surface area contributed by atoms with E-state index in [9.17, 15) is 0 Å². The second-order valence-electron chi connectivity index (χ2n) is 7.24. The molecule has 4 heteroatoms. The monoisotopic (exact) mass is 309 g/mol. The van der Waals surface area contributed by atoms with Gasteiger partial charge in [-0.1, -0.05) is 51.1 Å². The van der Waals surface area contributed by atoms with E-state index in [0.717, 1.165) is 0 Å². The van der Waals surface area contributed by atoms with Crippen LogP contribution in [0.1, 0.15) is 33.3 Å². The zero-order chi connectivity index (χ0) is 16.1. The lowest BCUT2D eigenvalue weighted by molar-refractivity contribution is 0.0237. The fourth-order valence-electron chi connectivity index (χ4n) is 1.58. The highest BCUT2D eigenvalue weighted by atomic mass is 28.4. The minimum Gasteiger partial charge on any atom is -0.415 e. The molecule has 0 bridgehead atoms. The summed E-state index contributed by atoms with van der Waals surface area (Å²) in [4.78, 5) is 0. The molecule has 0 radical (unpaired) electrons. The van der Waals surface area contributed by atoms with Gasteiger partial charge in [-0.05, 0) is 30.6 Å². The van der Waals surface area contributed by atoms with Gasteiger partial charge in [0.15, 0.2) is 8.32 Å². The summed E-state index contributed by atoms with van der Waals surface area (Å²) < 4.78 is 12.0. The first-order valence-electron chi connectivity index (χ1n) is 7.68. The van der Waals surface area contributed by atoms with Crippen molar-refractivity contribution in [1.29, 1.82) is 0 Å². The van der Waals surface area contributed by atoms with E-state index in [1.54, 1.807) is 0 Å². The van der Waals surface area contributed by atoms with Gasteiger partial charge in [0.25, 0.3) is 0 Å². The van der Waals surface area contributed by atoms with Crippen molar-refractivity contribution in [3.05, 3.63) is 35.9 Å². The Labute approximate surface area is 131 Å². The first-order valence-corrected chi connectivity index (χ1v) is 10.6. The number of benzene rings is 1. The first kappa shape index (κ1) is 18.4. The largest absolute Gasteiger partial charge is 0.415 e. The molecule has 0 unspecified atom stereocenters. The molecule has 2 atom stereocenters. The molecule has 0 amide bonds. The van der Waals surface area contributed by atoms with Crippen molar-refractivity contribution in [2.75, 3.05) is 6.61 Å². The van der Waals surface area contributed by atoms with Crippen LogP contribution < -0.4 is 5.73 Å². The summed E-state index contributed by atoms with van der Waals surface area (Å²) >= 11 is 0. The average Bonchev–Trinajstić information content (AvgIpc) is 2.42. The van der Waals surface area contributed by atoms with Gasteiger partial charge in [-0.3, -0.25) is 0 Å². The lowest BCUT2D eigenvalue weighted by Gasteiger charge is -2.37. The quantitative estimate of drug-likeness (QED) is 0.776. The summed E-state index contributed by atoms with van der Waals surface area (Å²) in [6, 6.07) is 10.1. The molecule has 1 rings (SSSR count). The number of hydrogen-bond acceptors (Lipinski definition) is 3. The van der Waals surface area contributed by atoms with Crippen molar-refractivity contribution in [1.82, 2.24) is 0 Å². The van der Waals surface area contributed by atoms with E-state index in [1.165, 1.54) is 5.56 Å². The standard InChI is InChI=1S/C17H31NO2Si/c1-14(19-12-15-10-8-7-9-11-15)16(18)13-20-21(5,6)17(2,3)4/h7-11,14,16H,12-13,18H2,1-6H3/t14-,16+/m0/s1. The van der Waals surface area contributed by atoms with E-state index in [-0.39, 0.29) is 17.2 Å². The summed E-state index contributed by atoms with van der Waals surface area (Å²) in [5, 5.41) is 0.209. The Balaban J connectivity index is 2.39. The van der Waals surface area contributed by atoms with Gasteiger partial charge in [0, 0.05) is 0 Å². The third kappa shape index (κ3) is 5.91. The topological polar surface area (TPSA) is 44.5 Å². The van der Waals surface area contributed by atoms with E-state index >= 15 is 0 Å². The van der Waals surface area contributed by atoms with Crippen molar-refractivity contribution in [2.24, 2.45) is 5.73 Å². The van der Waals surface area contributed by atoms with Crippen LogP contribution in [0.3, 0.4) is 0 Å². The molecule has 120 valence electrons. The molecule has 0 fully saturated rings. The zero-order valence-electron chi connectivity index (χ0n) is 14.3. The first-order chi connectivity index (χ1) is 9.63. The lowest BCUT2D eigenvalue weighted by atomic mass is 10.2. The molecule has 21 heavy (non-hydrogen) atoms. The Bertz CT molecular complexity index is 415. The molecule has 0 aliphatic heterocycles. The van der Waals surface area contributed by atoms with E-state index < -0.39 is 8.32 Å². The highest BCUT2D eigenvalue weighted by Crippen LogP contribution is 2.36. The Morgan fingerprint density at radius 3 is 2.24 bits per heavy atom. The Morgan fingerprint density at radius 1 is 1.14 bits per heavy atom. The summed E-state index contributed by atoms with van der Waals surface area (Å²) in [6.07, 6.45) is -0.0185. The Hall–Kier alpha value is -0.683. The Kier molecular flexibility index (Phi) is 6.59. The van der Waals surface area contributed by atoms with Crippen molar-refractivity contribution in [2.45, 2.75) is 64.6 Å². The summed E-state index contributed by atoms with van der Waals surface area (Å²) in [6.45, 7) is 14.4. The van der Waals surface area contributed by atoms with Gasteiger partial charge in [0.2, 0.25) is 0 Å².